The first kappa shape index (κ1) is 21.6. The van der Waals surface area contributed by atoms with Gasteiger partial charge in [-0.25, -0.2) is 0 Å². The third-order valence-electron chi connectivity index (χ3n) is 11.4. The lowest BCUT2D eigenvalue weighted by molar-refractivity contribution is -0.147. The van der Waals surface area contributed by atoms with Gasteiger partial charge >= 0.3 is 0 Å². The molecule has 4 nitrogen and oxygen atoms in total. The highest BCUT2D eigenvalue weighted by Gasteiger charge is 2.56. The van der Waals surface area contributed by atoms with E-state index in [9.17, 15) is 9.59 Å². The Bertz CT molecular complexity index is 703. The molecule has 9 aliphatic rings. The van der Waals surface area contributed by atoms with Crippen LogP contribution in [0.15, 0.2) is 0 Å². The molecule has 182 valence electrons. The third-order valence-corrected chi connectivity index (χ3v) is 11.8. The van der Waals surface area contributed by atoms with Gasteiger partial charge in [0.2, 0.25) is 11.8 Å². The smallest absolute Gasteiger partial charge is 0.226 e. The standard InChI is InChI=1S/C28H42N2O2S/c31-25(27-10-16-1-17(11-27)3-18(2-16)12-27)29-22-7-23(9-24(33)8-22)30-26(32)28-13-19-4-20(14-28)6-21(5-19)15-28/h16-24,33H,1-15H2,(H,29,31)(H,30,32). The molecular formula is C28H42N2O2S. The van der Waals surface area contributed by atoms with Crippen LogP contribution in [0.25, 0.3) is 0 Å². The van der Waals surface area contributed by atoms with Crippen molar-refractivity contribution in [1.29, 1.82) is 0 Å². The SMILES string of the molecule is O=C(NC1CC(S)CC(NC(=O)C23CC4CC(CC(C4)C2)C3)C1)C12CC3CC(CC(C3)C1)C2. The first-order chi connectivity index (χ1) is 15.9. The molecule has 0 radical (unpaired) electrons. The number of nitrogens with one attached hydrogen (secondary N) is 2. The molecule has 0 aliphatic heterocycles. The summed E-state index contributed by atoms with van der Waals surface area (Å²) in [6.45, 7) is 0. The molecule has 2 atom stereocenters. The van der Waals surface area contributed by atoms with Crippen molar-refractivity contribution < 1.29 is 9.59 Å². The van der Waals surface area contributed by atoms with Crippen molar-refractivity contribution in [3.8, 4) is 0 Å². The van der Waals surface area contributed by atoms with Gasteiger partial charge in [-0.05, 0) is 132 Å². The molecule has 0 aromatic heterocycles. The quantitative estimate of drug-likeness (QED) is 0.513. The first-order valence-electron chi connectivity index (χ1n) is 14.2. The lowest BCUT2D eigenvalue weighted by Crippen LogP contribution is -2.58. The molecule has 8 bridgehead atoms. The topological polar surface area (TPSA) is 58.2 Å². The van der Waals surface area contributed by atoms with Crippen molar-refractivity contribution in [2.24, 2.45) is 46.3 Å². The van der Waals surface area contributed by atoms with E-state index in [1.807, 2.05) is 0 Å². The number of hydrogen-bond donors (Lipinski definition) is 3. The van der Waals surface area contributed by atoms with Crippen molar-refractivity contribution in [2.45, 2.75) is 114 Å². The Morgan fingerprint density at radius 3 is 1.12 bits per heavy atom. The maximum Gasteiger partial charge on any atom is 0.226 e. The second kappa shape index (κ2) is 7.64. The van der Waals surface area contributed by atoms with Crippen LogP contribution < -0.4 is 10.6 Å². The summed E-state index contributed by atoms with van der Waals surface area (Å²) in [5, 5.41) is 7.26. The summed E-state index contributed by atoms with van der Waals surface area (Å²) in [6, 6.07) is 0.312. The van der Waals surface area contributed by atoms with E-state index in [0.29, 0.717) is 11.8 Å². The Labute approximate surface area is 204 Å². The van der Waals surface area contributed by atoms with Gasteiger partial charge < -0.3 is 10.6 Å². The Morgan fingerprint density at radius 1 is 0.515 bits per heavy atom. The van der Waals surface area contributed by atoms with E-state index >= 15 is 0 Å². The van der Waals surface area contributed by atoms with Gasteiger partial charge in [-0.2, -0.15) is 12.6 Å². The fourth-order valence-electron chi connectivity index (χ4n) is 11.0. The van der Waals surface area contributed by atoms with Crippen LogP contribution in [0.5, 0.6) is 0 Å². The molecule has 9 fully saturated rings. The van der Waals surface area contributed by atoms with Crippen LogP contribution in [0.2, 0.25) is 0 Å². The minimum Gasteiger partial charge on any atom is -0.353 e. The number of thiol groups is 1. The van der Waals surface area contributed by atoms with E-state index in [1.165, 1.54) is 38.5 Å². The molecule has 2 N–H and O–H groups in total. The van der Waals surface area contributed by atoms with E-state index in [2.05, 4.69) is 10.6 Å². The van der Waals surface area contributed by atoms with Gasteiger partial charge in [0.1, 0.15) is 0 Å². The molecule has 9 saturated carbocycles. The Morgan fingerprint density at radius 2 is 0.818 bits per heavy atom. The minimum absolute atomic E-state index is 0.0871. The van der Waals surface area contributed by atoms with E-state index in [0.717, 1.165) is 93.3 Å². The summed E-state index contributed by atoms with van der Waals surface area (Å²) in [7, 11) is 0. The zero-order valence-corrected chi connectivity index (χ0v) is 21.0. The molecular weight excluding hydrogens is 428 g/mol. The second-order valence-corrected chi connectivity index (χ2v) is 14.8. The summed E-state index contributed by atoms with van der Waals surface area (Å²) < 4.78 is 0. The number of hydrogen-bond acceptors (Lipinski definition) is 3. The Kier molecular flexibility index (Phi) is 4.99. The number of carbonyl (C=O) groups is 2. The van der Waals surface area contributed by atoms with Crippen molar-refractivity contribution >= 4 is 24.4 Å². The van der Waals surface area contributed by atoms with Crippen LogP contribution in [0.4, 0.5) is 0 Å². The highest BCUT2D eigenvalue weighted by Crippen LogP contribution is 2.61. The van der Waals surface area contributed by atoms with Gasteiger partial charge in [-0.15, -0.1) is 0 Å². The second-order valence-electron chi connectivity index (χ2n) is 14.1. The predicted octanol–water partition coefficient (Wildman–Crippen LogP) is 4.87. The van der Waals surface area contributed by atoms with Crippen molar-refractivity contribution in [1.82, 2.24) is 10.6 Å². The zero-order chi connectivity index (χ0) is 22.4. The molecule has 0 aromatic rings. The predicted molar refractivity (Wildman–Crippen MR) is 132 cm³/mol. The summed E-state index contributed by atoms with van der Waals surface area (Å²) in [5.41, 5.74) is -0.174. The van der Waals surface area contributed by atoms with Crippen LogP contribution in [0, 0.1) is 46.3 Å². The lowest BCUT2D eigenvalue weighted by atomic mass is 9.49. The monoisotopic (exact) mass is 470 g/mol. The third kappa shape index (κ3) is 3.69. The van der Waals surface area contributed by atoms with E-state index in [1.54, 1.807) is 0 Å². The summed E-state index contributed by atoms with van der Waals surface area (Å²) in [6.07, 6.45) is 17.7. The molecule has 2 unspecified atom stereocenters. The van der Waals surface area contributed by atoms with Gasteiger partial charge in [0.25, 0.3) is 0 Å². The highest BCUT2D eigenvalue weighted by atomic mass is 32.1. The molecule has 0 heterocycles. The van der Waals surface area contributed by atoms with Gasteiger partial charge in [-0.3, -0.25) is 9.59 Å². The molecule has 9 aliphatic carbocycles. The van der Waals surface area contributed by atoms with E-state index in [4.69, 9.17) is 12.6 Å². The fraction of sp³-hybridized carbons (Fsp3) is 0.929. The maximum absolute atomic E-state index is 13.6. The van der Waals surface area contributed by atoms with Crippen molar-refractivity contribution in [3.63, 3.8) is 0 Å². The van der Waals surface area contributed by atoms with Crippen molar-refractivity contribution in [2.75, 3.05) is 0 Å². The van der Waals surface area contributed by atoms with Gasteiger partial charge in [-0.1, -0.05) is 0 Å². The van der Waals surface area contributed by atoms with Crippen LogP contribution in [-0.4, -0.2) is 29.1 Å². The number of rotatable bonds is 4. The van der Waals surface area contributed by atoms with E-state index in [-0.39, 0.29) is 28.2 Å². The Hall–Kier alpha value is -0.710. The van der Waals surface area contributed by atoms with Gasteiger partial charge in [0.05, 0.1) is 0 Å². The van der Waals surface area contributed by atoms with Gasteiger partial charge in [0, 0.05) is 28.2 Å². The minimum atomic E-state index is -0.0871. The molecule has 33 heavy (non-hydrogen) atoms. The first-order valence-corrected chi connectivity index (χ1v) is 14.7. The zero-order valence-electron chi connectivity index (χ0n) is 20.1. The molecule has 2 amide bonds. The van der Waals surface area contributed by atoms with Crippen LogP contribution in [0.1, 0.15) is 96.3 Å². The summed E-state index contributed by atoms with van der Waals surface area (Å²) >= 11 is 4.86. The summed E-state index contributed by atoms with van der Waals surface area (Å²) in [4.78, 5) is 27.2. The molecule has 0 spiro atoms. The van der Waals surface area contributed by atoms with Crippen molar-refractivity contribution in [3.05, 3.63) is 0 Å². The Balaban J connectivity index is 1.01. The van der Waals surface area contributed by atoms with Gasteiger partial charge in [0.15, 0.2) is 0 Å². The average molecular weight is 471 g/mol. The summed E-state index contributed by atoms with van der Waals surface area (Å²) in [5.74, 6) is 5.41. The van der Waals surface area contributed by atoms with Crippen LogP contribution in [0.3, 0.4) is 0 Å². The van der Waals surface area contributed by atoms with Crippen LogP contribution >= 0.6 is 12.6 Å². The maximum atomic E-state index is 13.6. The highest BCUT2D eigenvalue weighted by molar-refractivity contribution is 7.80. The number of carbonyl (C=O) groups excluding carboxylic acids is 2. The van der Waals surface area contributed by atoms with Crippen LogP contribution in [-0.2, 0) is 9.59 Å². The molecule has 5 heteroatoms. The fourth-order valence-corrected chi connectivity index (χ4v) is 11.5. The number of amides is 2. The normalized spacial score (nSPS) is 53.8. The average Bonchev–Trinajstić information content (AvgIpc) is 2.71. The van der Waals surface area contributed by atoms with E-state index < -0.39 is 0 Å². The molecule has 0 saturated heterocycles. The molecule has 0 aromatic carbocycles. The molecule has 9 rings (SSSR count). The largest absolute Gasteiger partial charge is 0.353 e. The lowest BCUT2D eigenvalue weighted by Gasteiger charge is -2.56.